The van der Waals surface area contributed by atoms with E-state index in [1.807, 2.05) is 74.5 Å². The molecular formula is C34H37N3O6. The highest BCUT2D eigenvalue weighted by atomic mass is 16.5. The molecular weight excluding hydrogens is 546 g/mol. The zero-order valence-electron chi connectivity index (χ0n) is 24.4. The summed E-state index contributed by atoms with van der Waals surface area (Å²) in [6, 6.07) is 24.0. The number of carbonyl (C=O) groups is 3. The number of amides is 3. The number of benzene rings is 3. The third kappa shape index (κ3) is 4.96. The van der Waals surface area contributed by atoms with Gasteiger partial charge in [0.25, 0.3) is 0 Å². The van der Waals surface area contributed by atoms with E-state index in [4.69, 9.17) is 9.47 Å². The lowest BCUT2D eigenvalue weighted by atomic mass is 9.66. The summed E-state index contributed by atoms with van der Waals surface area (Å²) in [4.78, 5) is 44.1. The van der Waals surface area contributed by atoms with Crippen LogP contribution in [0.4, 0.5) is 5.69 Å². The first-order valence-electron chi connectivity index (χ1n) is 14.8. The van der Waals surface area contributed by atoms with Crippen molar-refractivity contribution < 1.29 is 29.0 Å². The summed E-state index contributed by atoms with van der Waals surface area (Å²) in [5, 5.41) is 16.6. The molecule has 3 fully saturated rings. The van der Waals surface area contributed by atoms with Gasteiger partial charge in [0.1, 0.15) is 17.4 Å². The molecule has 0 aromatic heterocycles. The van der Waals surface area contributed by atoms with Crippen LogP contribution in [0.2, 0.25) is 0 Å². The van der Waals surface area contributed by atoms with Gasteiger partial charge in [0, 0.05) is 12.2 Å². The number of nitrogens with one attached hydrogen (secondary N) is 2. The van der Waals surface area contributed by atoms with Gasteiger partial charge in [0.2, 0.25) is 17.7 Å². The molecule has 1 spiro atoms. The van der Waals surface area contributed by atoms with Gasteiger partial charge in [-0.15, -0.1) is 0 Å². The van der Waals surface area contributed by atoms with Crippen molar-refractivity contribution in [2.45, 2.75) is 56.5 Å². The van der Waals surface area contributed by atoms with E-state index < -0.39 is 35.1 Å². The third-order valence-corrected chi connectivity index (χ3v) is 9.18. The average molecular weight is 584 g/mol. The van der Waals surface area contributed by atoms with Crippen LogP contribution in [0.5, 0.6) is 5.75 Å². The molecule has 224 valence electrons. The number of fused-ring (bicyclic) bond motifs is 1. The minimum atomic E-state index is -1.21. The van der Waals surface area contributed by atoms with Gasteiger partial charge >= 0.3 is 0 Å². The number of nitrogens with zero attached hydrogens (tertiary/aromatic N) is 1. The molecule has 2 unspecified atom stereocenters. The molecule has 3 aromatic carbocycles. The third-order valence-electron chi connectivity index (χ3n) is 9.18. The second-order valence-electron chi connectivity index (χ2n) is 11.7. The fourth-order valence-corrected chi connectivity index (χ4v) is 7.33. The average Bonchev–Trinajstić information content (AvgIpc) is 3.59. The predicted molar refractivity (Wildman–Crippen MR) is 160 cm³/mol. The van der Waals surface area contributed by atoms with Gasteiger partial charge in [-0.3, -0.25) is 14.4 Å². The Morgan fingerprint density at radius 3 is 2.33 bits per heavy atom. The number of rotatable bonds is 10. The lowest BCUT2D eigenvalue weighted by Gasteiger charge is -2.37. The first kappa shape index (κ1) is 28.9. The molecule has 9 heteroatoms. The monoisotopic (exact) mass is 583 g/mol. The quantitative estimate of drug-likeness (QED) is 0.334. The summed E-state index contributed by atoms with van der Waals surface area (Å²) in [6.07, 6.45) is 0.961. The second kappa shape index (κ2) is 11.5. The van der Waals surface area contributed by atoms with Crippen molar-refractivity contribution in [2.24, 2.45) is 11.8 Å². The Morgan fingerprint density at radius 1 is 1.00 bits per heavy atom. The number of aliphatic hydroxyl groups excluding tert-OH is 1. The van der Waals surface area contributed by atoms with E-state index in [-0.39, 0.29) is 30.9 Å². The zero-order chi connectivity index (χ0) is 30.2. The molecule has 6 rings (SSSR count). The fraction of sp³-hybridized carbons (Fsp3) is 0.382. The highest BCUT2D eigenvalue weighted by Gasteiger charge is 2.78. The van der Waals surface area contributed by atoms with Crippen molar-refractivity contribution in [3.63, 3.8) is 0 Å². The van der Waals surface area contributed by atoms with Crippen molar-refractivity contribution in [1.82, 2.24) is 10.2 Å². The SMILES string of the molecule is CCOc1ccc(NC(=O)[C@@H]2[C@H]3C(=O)N([C@H](CO)c4ccccc4)C(C(=O)NCc4ccccc4)C34CC[C@@]2(C)O4)cc1. The van der Waals surface area contributed by atoms with E-state index in [0.29, 0.717) is 36.4 Å². The van der Waals surface area contributed by atoms with Gasteiger partial charge < -0.3 is 30.1 Å². The number of ether oxygens (including phenoxy) is 2. The van der Waals surface area contributed by atoms with Crippen LogP contribution in [0.3, 0.4) is 0 Å². The molecule has 3 aromatic rings. The maximum atomic E-state index is 14.5. The first-order chi connectivity index (χ1) is 20.8. The molecule has 3 N–H and O–H groups in total. The van der Waals surface area contributed by atoms with E-state index in [9.17, 15) is 19.5 Å². The lowest BCUT2D eigenvalue weighted by Crippen LogP contribution is -2.56. The Labute approximate surface area is 251 Å². The summed E-state index contributed by atoms with van der Waals surface area (Å²) in [6.45, 7) is 4.18. The maximum absolute atomic E-state index is 14.5. The smallest absolute Gasteiger partial charge is 0.246 e. The van der Waals surface area contributed by atoms with Crippen molar-refractivity contribution >= 4 is 23.4 Å². The number of aliphatic hydroxyl groups is 1. The van der Waals surface area contributed by atoms with E-state index in [2.05, 4.69) is 10.6 Å². The molecule has 9 nitrogen and oxygen atoms in total. The minimum Gasteiger partial charge on any atom is -0.494 e. The van der Waals surface area contributed by atoms with Crippen molar-refractivity contribution in [1.29, 1.82) is 0 Å². The van der Waals surface area contributed by atoms with E-state index >= 15 is 0 Å². The number of carbonyl (C=O) groups excluding carboxylic acids is 3. The van der Waals surface area contributed by atoms with Gasteiger partial charge in [0.05, 0.1) is 36.7 Å². The zero-order valence-corrected chi connectivity index (χ0v) is 24.4. The summed E-state index contributed by atoms with van der Waals surface area (Å²) in [5.41, 5.74) is 0.0490. The summed E-state index contributed by atoms with van der Waals surface area (Å²) < 4.78 is 12.2. The van der Waals surface area contributed by atoms with Crippen molar-refractivity contribution in [2.75, 3.05) is 18.5 Å². The topological polar surface area (TPSA) is 117 Å². The summed E-state index contributed by atoms with van der Waals surface area (Å²) in [7, 11) is 0. The van der Waals surface area contributed by atoms with Crippen molar-refractivity contribution in [3.8, 4) is 5.75 Å². The van der Waals surface area contributed by atoms with Crippen LogP contribution in [0.25, 0.3) is 0 Å². The van der Waals surface area contributed by atoms with E-state index in [1.54, 1.807) is 24.3 Å². The van der Waals surface area contributed by atoms with Gasteiger partial charge in [-0.1, -0.05) is 60.7 Å². The Hall–Kier alpha value is -4.21. The predicted octanol–water partition coefficient (Wildman–Crippen LogP) is 3.84. The van der Waals surface area contributed by atoms with Crippen LogP contribution in [-0.4, -0.2) is 58.2 Å². The first-order valence-corrected chi connectivity index (χ1v) is 14.8. The van der Waals surface area contributed by atoms with Crippen LogP contribution in [0.15, 0.2) is 84.9 Å². The molecule has 43 heavy (non-hydrogen) atoms. The van der Waals surface area contributed by atoms with Gasteiger partial charge in [-0.2, -0.15) is 0 Å². The van der Waals surface area contributed by atoms with Crippen LogP contribution in [0, 0.1) is 11.8 Å². The summed E-state index contributed by atoms with van der Waals surface area (Å²) in [5.74, 6) is -2.10. The van der Waals surface area contributed by atoms with Gasteiger partial charge in [-0.05, 0) is 62.1 Å². The fourth-order valence-electron chi connectivity index (χ4n) is 7.33. The molecule has 3 saturated heterocycles. The Kier molecular flexibility index (Phi) is 7.70. The Morgan fingerprint density at radius 2 is 1.67 bits per heavy atom. The van der Waals surface area contributed by atoms with Gasteiger partial charge in [-0.25, -0.2) is 0 Å². The molecule has 6 atom stereocenters. The van der Waals surface area contributed by atoms with Crippen LogP contribution >= 0.6 is 0 Å². The van der Waals surface area contributed by atoms with E-state index in [0.717, 1.165) is 5.56 Å². The summed E-state index contributed by atoms with van der Waals surface area (Å²) >= 11 is 0. The number of likely N-dealkylation sites (tertiary alicyclic amines) is 1. The number of hydrogen-bond acceptors (Lipinski definition) is 6. The largest absolute Gasteiger partial charge is 0.494 e. The number of hydrogen-bond donors (Lipinski definition) is 3. The molecule has 0 radical (unpaired) electrons. The molecule has 0 saturated carbocycles. The molecule has 3 aliphatic heterocycles. The minimum absolute atomic E-state index is 0.271. The highest BCUT2D eigenvalue weighted by Crippen LogP contribution is 2.64. The molecule has 0 aliphatic carbocycles. The molecule has 3 heterocycles. The molecule has 2 bridgehead atoms. The normalized spacial score (nSPS) is 27.9. The number of anilines is 1. The van der Waals surface area contributed by atoms with Crippen molar-refractivity contribution in [3.05, 3.63) is 96.1 Å². The van der Waals surface area contributed by atoms with Crippen LogP contribution in [0.1, 0.15) is 43.9 Å². The molecule has 3 amide bonds. The van der Waals surface area contributed by atoms with Gasteiger partial charge in [0.15, 0.2) is 0 Å². The Bertz CT molecular complexity index is 1480. The van der Waals surface area contributed by atoms with E-state index in [1.165, 1.54) is 4.90 Å². The maximum Gasteiger partial charge on any atom is 0.246 e. The van der Waals surface area contributed by atoms with Crippen LogP contribution < -0.4 is 15.4 Å². The second-order valence-corrected chi connectivity index (χ2v) is 11.7. The Balaban J connectivity index is 1.35. The standard InChI is InChI=1S/C34H37N3O6/c1-3-42-25-16-14-24(15-17-25)36-30(39)27-28-32(41)37(26(21-38)23-12-8-5-9-13-23)29(34(28)19-18-33(27,2)43-34)31(40)35-20-22-10-6-4-7-11-22/h4-17,26-29,38H,3,18-21H2,1-2H3,(H,35,40)(H,36,39)/t26-,27+,28+,29?,33-,34?/m1/s1. The van der Waals surface area contributed by atoms with Crippen LogP contribution in [-0.2, 0) is 25.7 Å². The molecule has 3 aliphatic rings. The lowest BCUT2D eigenvalue weighted by molar-refractivity contribution is -0.149. The highest BCUT2D eigenvalue weighted by molar-refractivity contribution is 6.02.